The van der Waals surface area contributed by atoms with Crippen molar-refractivity contribution >= 4 is 28.6 Å². The molecule has 0 heterocycles. The van der Waals surface area contributed by atoms with E-state index in [4.69, 9.17) is 8.85 Å². The zero-order valence-corrected chi connectivity index (χ0v) is 20.8. The Hall–Kier alpha value is -0.626. The normalized spacial score (nSPS) is 13.0. The average molecular weight is 403 g/mol. The first-order chi connectivity index (χ1) is 11.8. The maximum Gasteiger partial charge on any atom is 0.289 e. The van der Waals surface area contributed by atoms with Crippen LogP contribution in [-0.2, 0) is 18.4 Å². The standard InChI is InChI=1S/C20H42O4Si2/c1-15(2)25(16(3)4,23-19(9)21)13-11-12-14-26(17(5)6,18(7)8)24-20(10)22/h15-18H,11-14H2,1-10H3. The van der Waals surface area contributed by atoms with Crippen LogP contribution in [0.2, 0.25) is 34.3 Å². The molecule has 0 N–H and O–H groups in total. The van der Waals surface area contributed by atoms with Gasteiger partial charge in [-0.25, -0.2) is 0 Å². The van der Waals surface area contributed by atoms with Gasteiger partial charge >= 0.3 is 0 Å². The molecule has 0 spiro atoms. The van der Waals surface area contributed by atoms with Gasteiger partial charge in [-0.2, -0.15) is 0 Å². The summed E-state index contributed by atoms with van der Waals surface area (Å²) in [5.41, 5.74) is 1.60. The molecular weight excluding hydrogens is 360 g/mol. The van der Waals surface area contributed by atoms with Crippen LogP contribution < -0.4 is 0 Å². The highest BCUT2D eigenvalue weighted by molar-refractivity contribution is 6.78. The second-order valence-electron chi connectivity index (χ2n) is 8.92. The molecule has 0 saturated carbocycles. The summed E-state index contributed by atoms with van der Waals surface area (Å²) in [6, 6.07) is 1.98. The van der Waals surface area contributed by atoms with Crippen molar-refractivity contribution in [2.24, 2.45) is 0 Å². The Balaban J connectivity index is 5.18. The van der Waals surface area contributed by atoms with Crippen molar-refractivity contribution in [3.63, 3.8) is 0 Å². The molecule has 0 aromatic heterocycles. The van der Waals surface area contributed by atoms with Crippen LogP contribution in [0.5, 0.6) is 0 Å². The Morgan fingerprint density at radius 1 is 0.615 bits per heavy atom. The van der Waals surface area contributed by atoms with Crippen molar-refractivity contribution in [3.8, 4) is 0 Å². The first-order valence-corrected chi connectivity index (χ1v) is 14.7. The summed E-state index contributed by atoms with van der Waals surface area (Å²) in [4.78, 5) is 23.4. The van der Waals surface area contributed by atoms with Gasteiger partial charge in [0.05, 0.1) is 0 Å². The maximum atomic E-state index is 11.7. The van der Waals surface area contributed by atoms with E-state index in [2.05, 4.69) is 55.4 Å². The lowest BCUT2D eigenvalue weighted by Gasteiger charge is -2.39. The van der Waals surface area contributed by atoms with Gasteiger partial charge in [-0.3, -0.25) is 9.59 Å². The van der Waals surface area contributed by atoms with Crippen molar-refractivity contribution in [1.82, 2.24) is 0 Å². The lowest BCUT2D eigenvalue weighted by molar-refractivity contribution is -0.134. The van der Waals surface area contributed by atoms with Gasteiger partial charge in [0.15, 0.2) is 0 Å². The summed E-state index contributed by atoms with van der Waals surface area (Å²) >= 11 is 0. The van der Waals surface area contributed by atoms with Gasteiger partial charge in [-0.05, 0) is 34.3 Å². The predicted molar refractivity (Wildman–Crippen MR) is 114 cm³/mol. The third-order valence-electron chi connectivity index (χ3n) is 5.96. The molecule has 0 rings (SSSR count). The largest absolute Gasteiger partial charge is 0.519 e. The molecule has 0 unspecified atom stereocenters. The molecule has 0 fully saturated rings. The van der Waals surface area contributed by atoms with E-state index in [1.165, 1.54) is 13.8 Å². The van der Waals surface area contributed by atoms with Crippen LogP contribution in [0.3, 0.4) is 0 Å². The molecule has 0 aromatic carbocycles. The molecule has 0 saturated heterocycles. The molecule has 4 nitrogen and oxygen atoms in total. The molecule has 0 radical (unpaired) electrons. The van der Waals surface area contributed by atoms with Crippen molar-refractivity contribution in [3.05, 3.63) is 0 Å². The highest BCUT2D eigenvalue weighted by Crippen LogP contribution is 2.41. The van der Waals surface area contributed by atoms with Crippen LogP contribution in [0.1, 0.15) is 82.1 Å². The van der Waals surface area contributed by atoms with Crippen molar-refractivity contribution in [1.29, 1.82) is 0 Å². The third-order valence-corrected chi connectivity index (χ3v) is 17.4. The number of rotatable bonds is 11. The molecule has 0 aliphatic carbocycles. The van der Waals surface area contributed by atoms with Crippen LogP contribution in [-0.4, -0.2) is 28.6 Å². The second-order valence-corrected chi connectivity index (χ2v) is 18.8. The summed E-state index contributed by atoms with van der Waals surface area (Å²) in [5, 5.41) is 0. The molecule has 0 atom stereocenters. The smallest absolute Gasteiger partial charge is 0.289 e. The van der Waals surface area contributed by atoms with Gasteiger partial charge in [0.25, 0.3) is 28.6 Å². The van der Waals surface area contributed by atoms with Gasteiger partial charge in [0.1, 0.15) is 0 Å². The number of unbranched alkanes of at least 4 members (excludes halogenated alkanes) is 1. The van der Waals surface area contributed by atoms with Gasteiger partial charge in [0, 0.05) is 13.8 Å². The Morgan fingerprint density at radius 3 is 1.00 bits per heavy atom. The van der Waals surface area contributed by atoms with Crippen LogP contribution in [0.25, 0.3) is 0 Å². The number of carbonyl (C=O) groups excluding carboxylic acids is 2. The zero-order valence-electron chi connectivity index (χ0n) is 18.8. The van der Waals surface area contributed by atoms with Crippen LogP contribution in [0.15, 0.2) is 0 Å². The lowest BCUT2D eigenvalue weighted by Crippen LogP contribution is -2.47. The molecule has 6 heteroatoms. The lowest BCUT2D eigenvalue weighted by atomic mass is 10.4. The quantitative estimate of drug-likeness (QED) is 0.295. The van der Waals surface area contributed by atoms with Gasteiger partial charge in [-0.15, -0.1) is 0 Å². The van der Waals surface area contributed by atoms with Gasteiger partial charge in [-0.1, -0.05) is 68.2 Å². The summed E-state index contributed by atoms with van der Waals surface area (Å²) < 4.78 is 12.0. The summed E-state index contributed by atoms with van der Waals surface area (Å²) in [6.45, 7) is 20.6. The molecular formula is C20H42O4Si2. The average Bonchev–Trinajstić information content (AvgIpc) is 2.46. The molecule has 0 bridgehead atoms. The Labute approximate surface area is 163 Å². The maximum absolute atomic E-state index is 11.7. The van der Waals surface area contributed by atoms with E-state index >= 15 is 0 Å². The fraction of sp³-hybridized carbons (Fsp3) is 0.900. The van der Waals surface area contributed by atoms with Crippen molar-refractivity contribution in [2.75, 3.05) is 0 Å². The fourth-order valence-corrected chi connectivity index (χ4v) is 13.2. The molecule has 0 aromatic rings. The van der Waals surface area contributed by atoms with Crippen LogP contribution >= 0.6 is 0 Å². The Kier molecular flexibility index (Phi) is 10.4. The summed E-state index contributed by atoms with van der Waals surface area (Å²) in [5.74, 6) is -0.292. The Morgan fingerprint density at radius 2 is 0.846 bits per heavy atom. The van der Waals surface area contributed by atoms with E-state index in [1.54, 1.807) is 0 Å². The highest BCUT2D eigenvalue weighted by Gasteiger charge is 2.46. The fourth-order valence-electron chi connectivity index (χ4n) is 4.40. The van der Waals surface area contributed by atoms with E-state index in [9.17, 15) is 9.59 Å². The minimum absolute atomic E-state index is 0.146. The first-order valence-electron chi connectivity index (χ1n) is 10.2. The zero-order chi connectivity index (χ0) is 20.7. The van der Waals surface area contributed by atoms with E-state index in [-0.39, 0.29) is 11.9 Å². The SMILES string of the molecule is CC(=O)O[Si](CCCC[Si](OC(C)=O)(C(C)C)C(C)C)(C(C)C)C(C)C. The summed E-state index contributed by atoms with van der Waals surface area (Å²) in [7, 11) is -4.28. The molecule has 154 valence electrons. The number of hydrogen-bond donors (Lipinski definition) is 0. The van der Waals surface area contributed by atoms with E-state index < -0.39 is 16.6 Å². The number of hydrogen-bond acceptors (Lipinski definition) is 4. The van der Waals surface area contributed by atoms with Gasteiger partial charge < -0.3 is 8.85 Å². The minimum Gasteiger partial charge on any atom is -0.519 e. The summed E-state index contributed by atoms with van der Waals surface area (Å²) in [6.07, 6.45) is 2.07. The molecule has 0 amide bonds. The Bertz CT molecular complexity index is 401. The topological polar surface area (TPSA) is 52.6 Å². The highest BCUT2D eigenvalue weighted by atomic mass is 28.4. The minimum atomic E-state index is -2.14. The van der Waals surface area contributed by atoms with Crippen molar-refractivity contribution < 1.29 is 18.4 Å². The third kappa shape index (κ3) is 6.52. The van der Waals surface area contributed by atoms with Crippen LogP contribution in [0, 0.1) is 0 Å². The van der Waals surface area contributed by atoms with Crippen LogP contribution in [0.4, 0.5) is 0 Å². The molecule has 0 aliphatic rings. The predicted octanol–water partition coefficient (Wildman–Crippen LogP) is 6.42. The van der Waals surface area contributed by atoms with E-state index in [1.807, 2.05) is 0 Å². The monoisotopic (exact) mass is 402 g/mol. The van der Waals surface area contributed by atoms with E-state index in [0.29, 0.717) is 22.2 Å². The molecule has 26 heavy (non-hydrogen) atoms. The van der Waals surface area contributed by atoms with E-state index in [0.717, 1.165) is 24.9 Å². The van der Waals surface area contributed by atoms with Crippen molar-refractivity contribution in [2.45, 2.75) is 116 Å². The number of carbonyl (C=O) groups is 2. The first kappa shape index (κ1) is 25.4. The molecule has 0 aliphatic heterocycles. The van der Waals surface area contributed by atoms with Gasteiger partial charge in [0.2, 0.25) is 0 Å². The second kappa shape index (κ2) is 10.6.